The first-order valence-electron chi connectivity index (χ1n) is 9.18. The summed E-state index contributed by atoms with van der Waals surface area (Å²) >= 11 is 8.76. The van der Waals surface area contributed by atoms with Crippen molar-refractivity contribution in [3.8, 4) is 22.9 Å². The van der Waals surface area contributed by atoms with Gasteiger partial charge in [0.1, 0.15) is 23.1 Å². The standard InChI is InChI=1S/C20H16ClF2N5O2S2/c21-13-3-7-15(8-4-13)29-9-17-25-14(10-31-17)11-32-20-27-26-18(28(20)24)12-1-5-16(6-2-12)30-19(22)23/h1-8,10,19H,9,11,24H2. The summed E-state index contributed by atoms with van der Waals surface area (Å²) in [6.45, 7) is -2.52. The third kappa shape index (κ3) is 5.67. The lowest BCUT2D eigenvalue weighted by molar-refractivity contribution is -0.0498. The van der Waals surface area contributed by atoms with Gasteiger partial charge in [-0.3, -0.25) is 0 Å². The Morgan fingerprint density at radius 1 is 1.06 bits per heavy atom. The molecule has 0 fully saturated rings. The number of rotatable bonds is 9. The maximum Gasteiger partial charge on any atom is 0.387 e. The van der Waals surface area contributed by atoms with Gasteiger partial charge < -0.3 is 15.3 Å². The third-order valence-corrected chi connectivity index (χ3v) is 6.23. The van der Waals surface area contributed by atoms with E-state index < -0.39 is 6.61 Å². The van der Waals surface area contributed by atoms with Crippen molar-refractivity contribution in [2.75, 3.05) is 5.84 Å². The fraction of sp³-hybridized carbons (Fsp3) is 0.150. The fourth-order valence-corrected chi connectivity index (χ4v) is 4.34. The van der Waals surface area contributed by atoms with Crippen molar-refractivity contribution < 1.29 is 18.3 Å². The number of nitrogens with zero attached hydrogens (tertiary/aromatic N) is 4. The average molecular weight is 496 g/mol. The van der Waals surface area contributed by atoms with Crippen LogP contribution >= 0.6 is 34.7 Å². The average Bonchev–Trinajstić information content (AvgIpc) is 3.38. The predicted octanol–water partition coefficient (Wildman–Crippen LogP) is 5.24. The molecule has 12 heteroatoms. The molecular weight excluding hydrogens is 480 g/mol. The molecule has 4 aromatic rings. The van der Waals surface area contributed by atoms with E-state index in [4.69, 9.17) is 22.2 Å². The SMILES string of the molecule is Nn1c(SCc2csc(COc3ccc(Cl)cc3)n2)nnc1-c1ccc(OC(F)F)cc1. The summed E-state index contributed by atoms with van der Waals surface area (Å²) < 4.78 is 36.0. The van der Waals surface area contributed by atoms with E-state index in [1.54, 1.807) is 36.4 Å². The molecule has 166 valence electrons. The molecule has 2 heterocycles. The molecular formula is C20H16ClF2N5O2S2. The molecule has 4 rings (SSSR count). The number of thioether (sulfide) groups is 1. The Balaban J connectivity index is 1.33. The smallest absolute Gasteiger partial charge is 0.387 e. The van der Waals surface area contributed by atoms with Crippen molar-refractivity contribution >= 4 is 34.7 Å². The molecule has 0 radical (unpaired) electrons. The monoisotopic (exact) mass is 495 g/mol. The Morgan fingerprint density at radius 3 is 2.50 bits per heavy atom. The van der Waals surface area contributed by atoms with E-state index in [0.29, 0.717) is 33.9 Å². The normalized spacial score (nSPS) is 11.1. The molecule has 0 amide bonds. The van der Waals surface area contributed by atoms with E-state index in [1.807, 2.05) is 5.38 Å². The number of alkyl halides is 2. The summed E-state index contributed by atoms with van der Waals surface area (Å²) in [6.07, 6.45) is 0. The van der Waals surface area contributed by atoms with E-state index >= 15 is 0 Å². The zero-order valence-electron chi connectivity index (χ0n) is 16.3. The molecule has 32 heavy (non-hydrogen) atoms. The first-order valence-corrected chi connectivity index (χ1v) is 11.4. The van der Waals surface area contributed by atoms with Gasteiger partial charge in [-0.1, -0.05) is 23.4 Å². The first-order chi connectivity index (χ1) is 15.5. The number of ether oxygens (including phenoxy) is 2. The van der Waals surface area contributed by atoms with E-state index in [-0.39, 0.29) is 5.75 Å². The molecule has 0 unspecified atom stereocenters. The quantitative estimate of drug-likeness (QED) is 0.251. The van der Waals surface area contributed by atoms with Gasteiger partial charge in [0.2, 0.25) is 5.16 Å². The maximum absolute atomic E-state index is 12.3. The maximum atomic E-state index is 12.3. The number of aromatic nitrogens is 4. The lowest BCUT2D eigenvalue weighted by atomic mass is 10.2. The molecule has 0 aliphatic carbocycles. The van der Waals surface area contributed by atoms with Crippen molar-refractivity contribution in [1.82, 2.24) is 19.9 Å². The molecule has 0 saturated carbocycles. The van der Waals surface area contributed by atoms with Crippen LogP contribution in [0.1, 0.15) is 10.7 Å². The Labute approximate surface area is 195 Å². The molecule has 0 bridgehead atoms. The molecule has 7 nitrogen and oxygen atoms in total. The predicted molar refractivity (Wildman–Crippen MR) is 120 cm³/mol. The summed E-state index contributed by atoms with van der Waals surface area (Å²) in [5.41, 5.74) is 1.50. The molecule has 0 aliphatic heterocycles. The van der Waals surface area contributed by atoms with Gasteiger partial charge in [0, 0.05) is 21.7 Å². The Bertz CT molecular complexity index is 1170. The van der Waals surface area contributed by atoms with Crippen LogP contribution in [0.4, 0.5) is 8.78 Å². The lowest BCUT2D eigenvalue weighted by Crippen LogP contribution is -2.11. The molecule has 2 aromatic carbocycles. The minimum Gasteiger partial charge on any atom is -0.486 e. The number of thiazole rings is 1. The van der Waals surface area contributed by atoms with Crippen LogP contribution in [0.5, 0.6) is 11.5 Å². The summed E-state index contributed by atoms with van der Waals surface area (Å²) in [5, 5.41) is 12.2. The Kier molecular flexibility index (Phi) is 7.08. The molecule has 0 atom stereocenters. The number of nitrogen functional groups attached to an aromatic ring is 1. The van der Waals surface area contributed by atoms with Crippen molar-refractivity contribution in [2.24, 2.45) is 0 Å². The van der Waals surface area contributed by atoms with Crippen LogP contribution in [-0.4, -0.2) is 26.5 Å². The van der Waals surface area contributed by atoms with Crippen LogP contribution in [0.15, 0.2) is 59.1 Å². The molecule has 2 N–H and O–H groups in total. The van der Waals surface area contributed by atoms with E-state index in [2.05, 4.69) is 19.9 Å². The number of nitrogens with two attached hydrogens (primary N) is 1. The Hall–Kier alpha value is -2.89. The number of halogens is 3. The van der Waals surface area contributed by atoms with E-state index in [9.17, 15) is 8.78 Å². The van der Waals surface area contributed by atoms with Crippen molar-refractivity contribution in [1.29, 1.82) is 0 Å². The summed E-state index contributed by atoms with van der Waals surface area (Å²) in [4.78, 5) is 4.56. The fourth-order valence-electron chi connectivity index (χ4n) is 2.65. The van der Waals surface area contributed by atoms with Gasteiger partial charge in [0.25, 0.3) is 0 Å². The Morgan fingerprint density at radius 2 is 1.78 bits per heavy atom. The van der Waals surface area contributed by atoms with Crippen LogP contribution in [0.2, 0.25) is 5.02 Å². The van der Waals surface area contributed by atoms with E-state index in [1.165, 1.54) is 39.9 Å². The largest absolute Gasteiger partial charge is 0.486 e. The highest BCUT2D eigenvalue weighted by Crippen LogP contribution is 2.27. The van der Waals surface area contributed by atoms with Gasteiger partial charge in [0.15, 0.2) is 5.82 Å². The van der Waals surface area contributed by atoms with Crippen LogP contribution in [-0.2, 0) is 12.4 Å². The van der Waals surface area contributed by atoms with Crippen molar-refractivity contribution in [3.05, 3.63) is 69.6 Å². The highest BCUT2D eigenvalue weighted by Gasteiger charge is 2.14. The minimum absolute atomic E-state index is 0.0563. The number of hydrogen-bond donors (Lipinski definition) is 1. The molecule has 2 aromatic heterocycles. The molecule has 0 spiro atoms. The van der Waals surface area contributed by atoms with Gasteiger partial charge in [-0.05, 0) is 48.5 Å². The second-order valence-corrected chi connectivity index (χ2v) is 8.66. The number of hydrogen-bond acceptors (Lipinski definition) is 8. The topological polar surface area (TPSA) is 88.1 Å². The highest BCUT2D eigenvalue weighted by atomic mass is 35.5. The second kappa shape index (κ2) is 10.2. The van der Waals surface area contributed by atoms with Crippen LogP contribution in [0.25, 0.3) is 11.4 Å². The summed E-state index contributed by atoms with van der Waals surface area (Å²) in [7, 11) is 0. The van der Waals surface area contributed by atoms with Gasteiger partial charge in [0.05, 0.1) is 5.69 Å². The summed E-state index contributed by atoms with van der Waals surface area (Å²) in [6, 6.07) is 13.2. The van der Waals surface area contributed by atoms with Crippen molar-refractivity contribution in [3.63, 3.8) is 0 Å². The molecule has 0 saturated heterocycles. The van der Waals surface area contributed by atoms with E-state index in [0.717, 1.165) is 16.5 Å². The van der Waals surface area contributed by atoms with Crippen LogP contribution in [0.3, 0.4) is 0 Å². The van der Waals surface area contributed by atoms with Crippen molar-refractivity contribution in [2.45, 2.75) is 24.1 Å². The van der Waals surface area contributed by atoms with Gasteiger partial charge >= 0.3 is 6.61 Å². The minimum atomic E-state index is -2.88. The third-order valence-electron chi connectivity index (χ3n) is 4.13. The zero-order valence-corrected chi connectivity index (χ0v) is 18.7. The zero-order chi connectivity index (χ0) is 22.5. The summed E-state index contributed by atoms with van der Waals surface area (Å²) in [5.74, 6) is 7.85. The first kappa shape index (κ1) is 22.3. The van der Waals surface area contributed by atoms with Crippen LogP contribution < -0.4 is 15.3 Å². The second-order valence-electron chi connectivity index (χ2n) is 6.34. The lowest BCUT2D eigenvalue weighted by Gasteiger charge is -2.06. The molecule has 0 aliphatic rings. The number of benzene rings is 2. The van der Waals surface area contributed by atoms with Gasteiger partial charge in [-0.2, -0.15) is 8.78 Å². The van der Waals surface area contributed by atoms with Crippen LogP contribution in [0, 0.1) is 0 Å². The van der Waals surface area contributed by atoms with Gasteiger partial charge in [-0.15, -0.1) is 21.5 Å². The van der Waals surface area contributed by atoms with Gasteiger partial charge in [-0.25, -0.2) is 9.66 Å². The highest BCUT2D eigenvalue weighted by molar-refractivity contribution is 7.98.